The van der Waals surface area contributed by atoms with Crippen molar-refractivity contribution in [2.45, 2.75) is 38.6 Å². The second-order valence-electron chi connectivity index (χ2n) is 5.61. The van der Waals surface area contributed by atoms with E-state index in [2.05, 4.69) is 34.0 Å². The molecule has 0 amide bonds. The molecule has 1 aliphatic rings. The van der Waals surface area contributed by atoms with Gasteiger partial charge in [0.05, 0.1) is 7.11 Å². The van der Waals surface area contributed by atoms with Gasteiger partial charge in [-0.15, -0.1) is 15.3 Å². The molecule has 1 fully saturated rings. The molecule has 0 spiro atoms. The molecule has 6 heteroatoms. The van der Waals surface area contributed by atoms with Crippen molar-refractivity contribution in [2.24, 2.45) is 0 Å². The summed E-state index contributed by atoms with van der Waals surface area (Å²) >= 11 is 0. The van der Waals surface area contributed by atoms with E-state index in [1.807, 2.05) is 16.6 Å². The minimum atomic E-state index is 0.430. The van der Waals surface area contributed by atoms with E-state index in [0.29, 0.717) is 17.8 Å². The highest BCUT2D eigenvalue weighted by molar-refractivity contribution is 5.38. The lowest BCUT2D eigenvalue weighted by Crippen LogP contribution is -2.38. The van der Waals surface area contributed by atoms with Gasteiger partial charge in [0, 0.05) is 18.0 Å². The molecule has 0 bridgehead atoms. The third-order valence-electron chi connectivity index (χ3n) is 4.10. The van der Waals surface area contributed by atoms with Gasteiger partial charge in [-0.25, -0.2) is 0 Å². The fourth-order valence-corrected chi connectivity index (χ4v) is 2.83. The summed E-state index contributed by atoms with van der Waals surface area (Å²) in [6, 6.07) is 4.32. The summed E-state index contributed by atoms with van der Waals surface area (Å²) in [4.78, 5) is 2.51. The Morgan fingerprint density at radius 2 is 1.95 bits per heavy atom. The Balaban J connectivity index is 1.84. The molecule has 0 N–H and O–H groups in total. The summed E-state index contributed by atoms with van der Waals surface area (Å²) in [7, 11) is 1.62. The summed E-state index contributed by atoms with van der Waals surface area (Å²) in [5.41, 5.74) is 0.784. The second kappa shape index (κ2) is 5.36. The second-order valence-corrected chi connectivity index (χ2v) is 5.61. The van der Waals surface area contributed by atoms with E-state index < -0.39 is 0 Å². The molecule has 0 radical (unpaired) electrons. The lowest BCUT2D eigenvalue weighted by atomic mass is 9.95. The van der Waals surface area contributed by atoms with Gasteiger partial charge in [0.15, 0.2) is 11.5 Å². The SMILES string of the molecule is COc1ccc2nnc(C3CCN(C(C)C)CC3)n2n1. The molecule has 0 aliphatic carbocycles. The number of hydrogen-bond donors (Lipinski definition) is 0. The minimum absolute atomic E-state index is 0.430. The molecule has 0 aromatic carbocycles. The van der Waals surface area contributed by atoms with Crippen molar-refractivity contribution >= 4 is 5.65 Å². The predicted molar refractivity (Wildman–Crippen MR) is 76.0 cm³/mol. The maximum Gasteiger partial charge on any atom is 0.231 e. The van der Waals surface area contributed by atoms with Gasteiger partial charge in [-0.1, -0.05) is 0 Å². The highest BCUT2D eigenvalue weighted by atomic mass is 16.5. The zero-order valence-corrected chi connectivity index (χ0v) is 12.3. The molecule has 0 unspecified atom stereocenters. The fourth-order valence-electron chi connectivity index (χ4n) is 2.83. The highest BCUT2D eigenvalue weighted by Gasteiger charge is 2.26. The van der Waals surface area contributed by atoms with Crippen molar-refractivity contribution in [2.75, 3.05) is 20.2 Å². The summed E-state index contributed by atoms with van der Waals surface area (Å²) in [5, 5.41) is 13.0. The molecule has 3 rings (SSSR count). The molecule has 1 saturated heterocycles. The van der Waals surface area contributed by atoms with Gasteiger partial charge in [-0.05, 0) is 45.8 Å². The van der Waals surface area contributed by atoms with Gasteiger partial charge in [0.1, 0.15) is 0 Å². The first-order valence-electron chi connectivity index (χ1n) is 7.19. The van der Waals surface area contributed by atoms with Crippen molar-refractivity contribution in [3.05, 3.63) is 18.0 Å². The molecule has 2 aromatic heterocycles. The number of nitrogens with zero attached hydrogens (tertiary/aromatic N) is 5. The topological polar surface area (TPSA) is 55.6 Å². The number of fused-ring (bicyclic) bond motifs is 1. The number of piperidine rings is 1. The van der Waals surface area contributed by atoms with Crippen LogP contribution in [0.1, 0.15) is 38.4 Å². The first kappa shape index (κ1) is 13.3. The van der Waals surface area contributed by atoms with Crippen LogP contribution in [0.5, 0.6) is 5.88 Å². The number of aromatic nitrogens is 4. The molecular formula is C14H21N5O. The van der Waals surface area contributed by atoms with E-state index in [4.69, 9.17) is 4.74 Å². The van der Waals surface area contributed by atoms with Crippen LogP contribution >= 0.6 is 0 Å². The molecule has 3 heterocycles. The Labute approximate surface area is 118 Å². The summed E-state index contributed by atoms with van der Waals surface area (Å²) in [6.45, 7) is 6.72. The number of rotatable bonds is 3. The van der Waals surface area contributed by atoms with Crippen molar-refractivity contribution in [3.8, 4) is 5.88 Å². The molecule has 108 valence electrons. The van der Waals surface area contributed by atoms with Gasteiger partial charge in [-0.3, -0.25) is 0 Å². The quantitative estimate of drug-likeness (QED) is 0.853. The first-order valence-corrected chi connectivity index (χ1v) is 7.19. The number of ether oxygens (including phenoxy) is 1. The van der Waals surface area contributed by atoms with Crippen LogP contribution < -0.4 is 4.74 Å². The Morgan fingerprint density at radius 3 is 2.60 bits per heavy atom. The molecule has 0 saturated carbocycles. The summed E-state index contributed by atoms with van der Waals surface area (Å²) in [6.07, 6.45) is 2.22. The van der Waals surface area contributed by atoms with Crippen molar-refractivity contribution in [1.29, 1.82) is 0 Å². The third kappa shape index (κ3) is 2.35. The van der Waals surface area contributed by atoms with Crippen LogP contribution in [0.25, 0.3) is 5.65 Å². The van der Waals surface area contributed by atoms with Crippen molar-refractivity contribution in [3.63, 3.8) is 0 Å². The third-order valence-corrected chi connectivity index (χ3v) is 4.10. The van der Waals surface area contributed by atoms with Crippen LogP contribution in [-0.4, -0.2) is 51.0 Å². The predicted octanol–water partition coefficient (Wildman–Crippen LogP) is 1.72. The van der Waals surface area contributed by atoms with E-state index in [9.17, 15) is 0 Å². The van der Waals surface area contributed by atoms with Crippen LogP contribution in [0.4, 0.5) is 0 Å². The summed E-state index contributed by atoms with van der Waals surface area (Å²) < 4.78 is 7.01. The van der Waals surface area contributed by atoms with Gasteiger partial charge in [-0.2, -0.15) is 4.52 Å². The van der Waals surface area contributed by atoms with Gasteiger partial charge in [0.2, 0.25) is 5.88 Å². The number of methoxy groups -OCH3 is 1. The standard InChI is InChI=1S/C14H21N5O/c1-10(2)18-8-6-11(7-9-18)14-16-15-12-4-5-13(20-3)17-19(12)14/h4-5,10-11H,6-9H2,1-3H3. The van der Waals surface area contributed by atoms with E-state index in [1.54, 1.807) is 7.11 Å². The van der Waals surface area contributed by atoms with Gasteiger partial charge in [0.25, 0.3) is 0 Å². The van der Waals surface area contributed by atoms with Crippen LogP contribution in [0.2, 0.25) is 0 Å². The van der Waals surface area contributed by atoms with Gasteiger partial charge < -0.3 is 9.64 Å². The maximum absolute atomic E-state index is 5.19. The average molecular weight is 275 g/mol. The molecule has 20 heavy (non-hydrogen) atoms. The Bertz CT molecular complexity index is 586. The molecule has 2 aromatic rings. The van der Waals surface area contributed by atoms with E-state index in [1.165, 1.54) is 0 Å². The van der Waals surface area contributed by atoms with Crippen molar-refractivity contribution < 1.29 is 4.74 Å². The molecule has 1 aliphatic heterocycles. The van der Waals surface area contributed by atoms with Crippen LogP contribution in [-0.2, 0) is 0 Å². The van der Waals surface area contributed by atoms with Crippen LogP contribution in [0, 0.1) is 0 Å². The minimum Gasteiger partial charge on any atom is -0.480 e. The first-order chi connectivity index (χ1) is 9.69. The lowest BCUT2D eigenvalue weighted by molar-refractivity contribution is 0.169. The van der Waals surface area contributed by atoms with Crippen molar-refractivity contribution in [1.82, 2.24) is 24.7 Å². The smallest absolute Gasteiger partial charge is 0.231 e. The Morgan fingerprint density at radius 1 is 1.20 bits per heavy atom. The zero-order valence-electron chi connectivity index (χ0n) is 12.3. The van der Waals surface area contributed by atoms with E-state index in [-0.39, 0.29) is 0 Å². The lowest BCUT2D eigenvalue weighted by Gasteiger charge is -2.33. The Kier molecular flexibility index (Phi) is 3.56. The molecule has 6 nitrogen and oxygen atoms in total. The summed E-state index contributed by atoms with van der Waals surface area (Å²) in [5.74, 6) is 1.99. The Hall–Kier alpha value is -1.69. The van der Waals surface area contributed by atoms with Crippen LogP contribution in [0.3, 0.4) is 0 Å². The number of hydrogen-bond acceptors (Lipinski definition) is 5. The molecular weight excluding hydrogens is 254 g/mol. The zero-order chi connectivity index (χ0) is 14.1. The van der Waals surface area contributed by atoms with E-state index >= 15 is 0 Å². The molecule has 0 atom stereocenters. The average Bonchev–Trinajstić information content (AvgIpc) is 2.90. The monoisotopic (exact) mass is 275 g/mol. The normalized spacial score (nSPS) is 18.0. The fraction of sp³-hybridized carbons (Fsp3) is 0.643. The number of likely N-dealkylation sites (tertiary alicyclic amines) is 1. The van der Waals surface area contributed by atoms with Crippen LogP contribution in [0.15, 0.2) is 12.1 Å². The largest absolute Gasteiger partial charge is 0.480 e. The maximum atomic E-state index is 5.19. The highest BCUT2D eigenvalue weighted by Crippen LogP contribution is 2.27. The van der Waals surface area contributed by atoms with Gasteiger partial charge >= 0.3 is 0 Å². The van der Waals surface area contributed by atoms with E-state index in [0.717, 1.165) is 37.4 Å².